The second-order valence-electron chi connectivity index (χ2n) is 8.15. The standard InChI is InChI=1S/C7H10N3O2.C7H8N3O2.C6H10N2O.CH3N2O.CH4.3Rb/c2*11-6-1-3-10(4-2-6)7-8-5-9-12-7;7-5-8-3-1-6(9)2-4-8;2-1-3-4;;;;/h6,11H,1-4H2;1-4H2;6,9H,1-4H2;4H,(H2,2,3);1H4;;;/q2*-1;;-1;;3*+1. The number of hydrogen-bond donors (Lipinski definition) is 5. The number of carbonyl (C=O) groups excluding carboxylic acids is 1. The van der Waals surface area contributed by atoms with Crippen molar-refractivity contribution < 1.29 is 204 Å². The first-order valence-electron chi connectivity index (χ1n) is 11.7. The normalized spacial score (nSPS) is 16.4. The topological polar surface area (TPSA) is 225 Å². The molecule has 0 aliphatic carbocycles. The van der Waals surface area contributed by atoms with Crippen LogP contribution in [0.25, 0.3) is 0 Å². The van der Waals surface area contributed by atoms with Gasteiger partial charge in [-0.2, -0.15) is 15.6 Å². The molecule has 0 bridgehead atoms. The van der Waals surface area contributed by atoms with Crippen LogP contribution >= 0.6 is 0 Å². The molecule has 3 aliphatic heterocycles. The van der Waals surface area contributed by atoms with Crippen LogP contribution in [0.3, 0.4) is 0 Å². The minimum atomic E-state index is -0.173. The number of anilines is 2. The van der Waals surface area contributed by atoms with E-state index in [-0.39, 0.29) is 194 Å². The molecule has 0 amide bonds. The van der Waals surface area contributed by atoms with E-state index in [1.54, 1.807) is 4.90 Å². The Kier molecular flexibility index (Phi) is 33.3. The molecule has 16 nitrogen and oxygen atoms in total. The molecule has 0 spiro atoms. The Hall–Kier alpha value is 1.61. The number of likely N-dealkylation sites (tertiary alicyclic amines) is 1. The molecule has 3 fully saturated rings. The Bertz CT molecular complexity index is 913. The molecule has 212 valence electrons. The zero-order chi connectivity index (χ0) is 26.9. The first-order valence-corrected chi connectivity index (χ1v) is 11.7. The van der Waals surface area contributed by atoms with Crippen molar-refractivity contribution in [2.24, 2.45) is 0 Å². The number of ketones is 1. The van der Waals surface area contributed by atoms with Crippen molar-refractivity contribution in [3.63, 3.8) is 0 Å². The number of rotatable bonds is 3. The summed E-state index contributed by atoms with van der Waals surface area (Å²) in [5, 5.41) is 46.5. The molecule has 3 aliphatic rings. The van der Waals surface area contributed by atoms with Crippen LogP contribution in [0.2, 0.25) is 0 Å². The van der Waals surface area contributed by atoms with Gasteiger partial charge >= 0.3 is 175 Å². The van der Waals surface area contributed by atoms with Gasteiger partial charge in [0.25, 0.3) is 0 Å². The quantitative estimate of drug-likeness (QED) is 0.0486. The minimum absolute atomic E-state index is 0. The summed E-state index contributed by atoms with van der Waals surface area (Å²) in [5.74, 6) is 0.301. The van der Waals surface area contributed by atoms with Gasteiger partial charge in [0.15, 0.2) is 18.2 Å². The van der Waals surface area contributed by atoms with E-state index in [2.05, 4.69) is 32.9 Å². The number of aromatic nitrogens is 4. The number of hydrogen-bond acceptors (Lipinski definition) is 15. The molecular formula is C22H35N10O6Rb3. The second kappa shape index (κ2) is 29.0. The number of aliphatic hydroxyl groups excluding tert-OH is 2. The van der Waals surface area contributed by atoms with Crippen molar-refractivity contribution in [3.8, 4) is 6.19 Å². The van der Waals surface area contributed by atoms with E-state index in [4.69, 9.17) is 30.0 Å². The number of nitrogens with one attached hydrogen (secondary N) is 2. The summed E-state index contributed by atoms with van der Waals surface area (Å²) in [6.07, 6.45) is 12.1. The van der Waals surface area contributed by atoms with Gasteiger partial charge in [-0.05, 0) is 25.7 Å². The maximum atomic E-state index is 10.9. The molecule has 0 saturated carbocycles. The molecule has 5 rings (SSSR count). The Morgan fingerprint density at radius 1 is 0.878 bits per heavy atom. The summed E-state index contributed by atoms with van der Waals surface area (Å²) in [6.45, 7) is 4.34. The molecule has 5 N–H and O–H groups in total. The van der Waals surface area contributed by atoms with Crippen LogP contribution in [0.5, 0.6) is 0 Å². The van der Waals surface area contributed by atoms with Crippen molar-refractivity contribution >= 4 is 24.2 Å². The largest absolute Gasteiger partial charge is 1.00 e. The molecule has 19 heteroatoms. The Labute approximate surface area is 387 Å². The average Bonchev–Trinajstić information content (AvgIpc) is 3.66. The molecule has 2 aromatic rings. The van der Waals surface area contributed by atoms with Gasteiger partial charge in [-0.15, -0.1) is 0 Å². The molecule has 2 aromatic heterocycles. The third-order valence-electron chi connectivity index (χ3n) is 5.62. The van der Waals surface area contributed by atoms with E-state index < -0.39 is 0 Å². The zero-order valence-electron chi connectivity index (χ0n) is 23.3. The predicted octanol–water partition coefficient (Wildman–Crippen LogP) is -9.11. The van der Waals surface area contributed by atoms with Crippen LogP contribution in [0, 0.1) is 29.5 Å². The van der Waals surface area contributed by atoms with Gasteiger partial charge in [0, 0.05) is 64.8 Å². The van der Waals surface area contributed by atoms with Crippen LogP contribution in [-0.4, -0.2) is 104 Å². The fourth-order valence-electron chi connectivity index (χ4n) is 3.52. The molecule has 5 heterocycles. The number of Topliss-reactive ketones (excluding diaryl/α,β-unsaturated/α-hetero) is 1. The summed E-state index contributed by atoms with van der Waals surface area (Å²) in [5.41, 5.74) is 1.35. The van der Waals surface area contributed by atoms with Crippen LogP contribution in [0.15, 0.2) is 9.05 Å². The third kappa shape index (κ3) is 20.4. The van der Waals surface area contributed by atoms with Crippen LogP contribution in [0.4, 0.5) is 12.0 Å². The van der Waals surface area contributed by atoms with Crippen molar-refractivity contribution in [1.29, 1.82) is 10.7 Å². The molecule has 0 unspecified atom stereocenters. The smallest absolute Gasteiger partial charge is 0.496 e. The number of piperidine rings is 3. The van der Waals surface area contributed by atoms with Gasteiger partial charge in [0.2, 0.25) is 0 Å². The first kappa shape index (κ1) is 47.0. The van der Waals surface area contributed by atoms with Gasteiger partial charge in [-0.25, -0.2) is 0 Å². The number of nitriles is 1. The fraction of sp³-hybridized carbons (Fsp3) is 0.682. The Morgan fingerprint density at radius 2 is 1.27 bits per heavy atom. The summed E-state index contributed by atoms with van der Waals surface area (Å²) < 4.78 is 9.64. The molecule has 0 aromatic carbocycles. The van der Waals surface area contributed by atoms with Crippen LogP contribution < -0.4 is 190 Å². The van der Waals surface area contributed by atoms with E-state index in [0.29, 0.717) is 43.7 Å². The number of nitrogens with zero attached hydrogens (tertiary/aromatic N) is 8. The molecule has 41 heavy (non-hydrogen) atoms. The summed E-state index contributed by atoms with van der Waals surface area (Å²) in [4.78, 5) is 24.0. The maximum Gasteiger partial charge on any atom is 1.00 e. The Balaban J connectivity index is -0.000000478. The van der Waals surface area contributed by atoms with Crippen LogP contribution in [0.1, 0.15) is 46.0 Å². The third-order valence-corrected chi connectivity index (χ3v) is 5.62. The van der Waals surface area contributed by atoms with Gasteiger partial charge in [-0.1, -0.05) is 7.43 Å². The van der Waals surface area contributed by atoms with Crippen molar-refractivity contribution in [2.45, 2.75) is 58.2 Å². The predicted molar refractivity (Wildman–Crippen MR) is 132 cm³/mol. The van der Waals surface area contributed by atoms with Crippen molar-refractivity contribution in [3.05, 3.63) is 12.7 Å². The van der Waals surface area contributed by atoms with E-state index >= 15 is 0 Å². The van der Waals surface area contributed by atoms with Crippen LogP contribution in [-0.2, 0) is 4.79 Å². The van der Waals surface area contributed by atoms with E-state index in [1.165, 1.54) is 11.8 Å². The van der Waals surface area contributed by atoms with E-state index in [9.17, 15) is 9.90 Å². The fourth-order valence-corrected chi connectivity index (χ4v) is 3.52. The maximum absolute atomic E-state index is 10.9. The summed E-state index contributed by atoms with van der Waals surface area (Å²) in [6, 6.07) is 0.962. The monoisotopic (exact) mass is 790 g/mol. The number of carbonyl (C=O) groups is 1. The van der Waals surface area contributed by atoms with Crippen molar-refractivity contribution in [1.82, 2.24) is 30.7 Å². The Morgan fingerprint density at radius 3 is 1.61 bits per heavy atom. The van der Waals surface area contributed by atoms with Crippen molar-refractivity contribution in [2.75, 3.05) is 49.1 Å². The summed E-state index contributed by atoms with van der Waals surface area (Å²) in [7, 11) is 0. The molecule has 3 saturated heterocycles. The molecular weight excluding hydrogens is 757 g/mol. The number of hydroxylamine groups is 1. The van der Waals surface area contributed by atoms with E-state index in [1.807, 2.05) is 16.0 Å². The molecule has 0 radical (unpaired) electrons. The van der Waals surface area contributed by atoms with Gasteiger partial charge in [0.1, 0.15) is 5.78 Å². The minimum Gasteiger partial charge on any atom is -0.496 e. The average molecular weight is 792 g/mol. The molecule has 0 atom stereocenters. The van der Waals surface area contributed by atoms with Gasteiger partial charge in [0.05, 0.1) is 12.2 Å². The zero-order valence-corrected chi connectivity index (χ0v) is 38.0. The van der Waals surface area contributed by atoms with Gasteiger partial charge < -0.3 is 60.0 Å². The SMILES string of the molecule is C.N#CN1CCC(O)CC1.N=[C-]NO.O=C1CCN(c2n[c-]no2)CC1.OC1CCN(c2n[c-]no2)CC1.[Rb+].[Rb+].[Rb+]. The number of aliphatic hydroxyl groups is 2. The first-order chi connectivity index (χ1) is 18.0. The second-order valence-corrected chi connectivity index (χ2v) is 8.15. The van der Waals surface area contributed by atoms with Gasteiger partial charge in [-0.3, -0.25) is 11.1 Å². The van der Waals surface area contributed by atoms with E-state index in [0.717, 1.165) is 51.9 Å². The summed E-state index contributed by atoms with van der Waals surface area (Å²) >= 11 is 0.